The van der Waals surface area contributed by atoms with Crippen LogP contribution >= 0.6 is 0 Å². The summed E-state index contributed by atoms with van der Waals surface area (Å²) in [6.07, 6.45) is -0.597. The van der Waals surface area contributed by atoms with Gasteiger partial charge in [-0.3, -0.25) is 5.32 Å². The molecule has 37 heavy (non-hydrogen) atoms. The lowest BCUT2D eigenvalue weighted by Crippen LogP contribution is -2.27. The number of ether oxygens (including phenoxy) is 9. The van der Waals surface area contributed by atoms with Crippen LogP contribution in [0.3, 0.4) is 0 Å². The van der Waals surface area contributed by atoms with Crippen molar-refractivity contribution in [2.75, 3.05) is 105 Å². The first-order chi connectivity index (χ1) is 17.9. The highest BCUT2D eigenvalue weighted by atomic mass is 16.6. The van der Waals surface area contributed by atoms with Crippen molar-refractivity contribution in [3.05, 3.63) is 12.1 Å². The van der Waals surface area contributed by atoms with Crippen molar-refractivity contribution in [2.45, 2.75) is 26.4 Å². The van der Waals surface area contributed by atoms with Crippen molar-refractivity contribution in [1.29, 1.82) is 0 Å². The Morgan fingerprint density at radius 1 is 0.676 bits per heavy atom. The van der Waals surface area contributed by atoms with Crippen LogP contribution in [0.4, 0.5) is 10.6 Å². The van der Waals surface area contributed by atoms with E-state index in [9.17, 15) is 4.79 Å². The Morgan fingerprint density at radius 3 is 1.49 bits per heavy atom. The maximum atomic E-state index is 11.7. The molecule has 13 heteroatoms. The molecule has 0 radical (unpaired) electrons. The Labute approximate surface area is 219 Å². The monoisotopic (exact) mass is 533 g/mol. The molecule has 0 aromatic carbocycles. The van der Waals surface area contributed by atoms with E-state index < -0.39 is 11.7 Å². The molecule has 0 bridgehead atoms. The molecule has 1 aromatic heterocycles. The SMILES string of the molecule is COCCOCCOCCOCCOCCOCCOCCOc1ccc(NC(=O)OC(C)(C)C)nn1. The minimum Gasteiger partial charge on any atom is -0.474 e. The lowest BCUT2D eigenvalue weighted by atomic mass is 10.2. The van der Waals surface area contributed by atoms with Crippen LogP contribution in [0.2, 0.25) is 0 Å². The zero-order valence-corrected chi connectivity index (χ0v) is 22.5. The van der Waals surface area contributed by atoms with E-state index in [4.69, 9.17) is 42.6 Å². The zero-order chi connectivity index (χ0) is 27.0. The summed E-state index contributed by atoms with van der Waals surface area (Å²) in [4.78, 5) is 11.7. The van der Waals surface area contributed by atoms with E-state index in [1.807, 2.05) is 0 Å². The number of nitrogens with zero attached hydrogens (tertiary/aromatic N) is 2. The van der Waals surface area contributed by atoms with E-state index in [-0.39, 0.29) is 5.82 Å². The van der Waals surface area contributed by atoms with Gasteiger partial charge in [-0.25, -0.2) is 4.79 Å². The van der Waals surface area contributed by atoms with Gasteiger partial charge < -0.3 is 42.6 Å². The number of amides is 1. The van der Waals surface area contributed by atoms with Crippen molar-refractivity contribution >= 4 is 11.9 Å². The molecule has 1 N–H and O–H groups in total. The first-order valence-corrected chi connectivity index (χ1v) is 12.3. The lowest BCUT2D eigenvalue weighted by molar-refractivity contribution is -0.0199. The van der Waals surface area contributed by atoms with Crippen LogP contribution in [0, 0.1) is 0 Å². The van der Waals surface area contributed by atoms with Crippen molar-refractivity contribution < 1.29 is 47.4 Å². The van der Waals surface area contributed by atoms with Crippen LogP contribution < -0.4 is 10.1 Å². The fourth-order valence-corrected chi connectivity index (χ4v) is 2.42. The Balaban J connectivity index is 1.83. The maximum absolute atomic E-state index is 11.7. The molecule has 0 unspecified atom stereocenters. The van der Waals surface area contributed by atoms with Crippen LogP contribution in [-0.2, 0) is 37.9 Å². The lowest BCUT2D eigenvalue weighted by Gasteiger charge is -2.19. The first kappa shape index (κ1) is 32.9. The highest BCUT2D eigenvalue weighted by Crippen LogP contribution is 2.11. The molecule has 214 valence electrons. The van der Waals surface area contributed by atoms with E-state index in [2.05, 4.69) is 15.5 Å². The average molecular weight is 534 g/mol. The van der Waals surface area contributed by atoms with E-state index in [0.717, 1.165) is 0 Å². The molecular formula is C24H43N3O10. The Kier molecular flexibility index (Phi) is 19.5. The summed E-state index contributed by atoms with van der Waals surface area (Å²) in [5.41, 5.74) is -0.591. The summed E-state index contributed by atoms with van der Waals surface area (Å²) >= 11 is 0. The summed E-state index contributed by atoms with van der Waals surface area (Å²) in [5, 5.41) is 10.3. The summed E-state index contributed by atoms with van der Waals surface area (Å²) in [6.45, 7) is 12.2. The molecule has 0 fully saturated rings. The van der Waals surface area contributed by atoms with Gasteiger partial charge in [-0.05, 0) is 26.8 Å². The van der Waals surface area contributed by atoms with Gasteiger partial charge in [0, 0.05) is 13.2 Å². The quantitative estimate of drug-likeness (QED) is 0.206. The number of nitrogens with one attached hydrogen (secondary N) is 1. The molecule has 0 saturated carbocycles. The Bertz CT molecular complexity index is 674. The number of hydrogen-bond donors (Lipinski definition) is 1. The number of rotatable bonds is 23. The second-order valence-corrected chi connectivity index (χ2v) is 8.40. The molecule has 1 rings (SSSR count). The van der Waals surface area contributed by atoms with Crippen LogP contribution in [0.15, 0.2) is 12.1 Å². The van der Waals surface area contributed by atoms with Gasteiger partial charge in [0.15, 0.2) is 5.82 Å². The third-order valence-corrected chi connectivity index (χ3v) is 4.04. The van der Waals surface area contributed by atoms with Gasteiger partial charge in [0.05, 0.1) is 85.9 Å². The van der Waals surface area contributed by atoms with Gasteiger partial charge in [-0.2, -0.15) is 0 Å². The van der Waals surface area contributed by atoms with Gasteiger partial charge in [0.1, 0.15) is 12.2 Å². The van der Waals surface area contributed by atoms with Crippen LogP contribution in [-0.4, -0.2) is 121 Å². The molecule has 0 saturated heterocycles. The zero-order valence-electron chi connectivity index (χ0n) is 22.5. The molecule has 0 spiro atoms. The minimum absolute atomic E-state index is 0.271. The number of aromatic nitrogens is 2. The standard InChI is InChI=1S/C24H43N3O10/c1-24(2,3)37-23(28)25-21-5-6-22(27-26-21)36-20-19-35-18-17-34-16-15-33-14-13-32-12-11-31-10-9-30-8-7-29-4/h5-6H,7-20H2,1-4H3,(H,25,26,28). The average Bonchev–Trinajstić information content (AvgIpc) is 2.85. The molecule has 1 heterocycles. The van der Waals surface area contributed by atoms with E-state index >= 15 is 0 Å². The number of anilines is 1. The fraction of sp³-hybridized carbons (Fsp3) is 0.792. The van der Waals surface area contributed by atoms with Crippen LogP contribution in [0.1, 0.15) is 20.8 Å². The third-order valence-electron chi connectivity index (χ3n) is 4.04. The van der Waals surface area contributed by atoms with Crippen LogP contribution in [0.5, 0.6) is 5.88 Å². The van der Waals surface area contributed by atoms with Gasteiger partial charge in [-0.15, -0.1) is 10.2 Å². The summed E-state index contributed by atoms with van der Waals surface area (Å²) in [6, 6.07) is 3.18. The van der Waals surface area contributed by atoms with Crippen molar-refractivity contribution in [3.8, 4) is 5.88 Å². The summed E-state index contributed by atoms with van der Waals surface area (Å²) in [5.74, 6) is 0.596. The maximum Gasteiger partial charge on any atom is 0.413 e. The highest BCUT2D eigenvalue weighted by Gasteiger charge is 2.16. The van der Waals surface area contributed by atoms with E-state index in [0.29, 0.717) is 98.4 Å². The second-order valence-electron chi connectivity index (χ2n) is 8.40. The third kappa shape index (κ3) is 21.6. The largest absolute Gasteiger partial charge is 0.474 e. The highest BCUT2D eigenvalue weighted by molar-refractivity contribution is 5.83. The number of methoxy groups -OCH3 is 1. The van der Waals surface area contributed by atoms with Gasteiger partial charge in [0.25, 0.3) is 0 Å². The normalized spacial score (nSPS) is 11.5. The topological polar surface area (TPSA) is 138 Å². The predicted molar refractivity (Wildman–Crippen MR) is 134 cm³/mol. The first-order valence-electron chi connectivity index (χ1n) is 12.3. The van der Waals surface area contributed by atoms with Gasteiger partial charge in [0.2, 0.25) is 5.88 Å². The predicted octanol–water partition coefficient (Wildman–Crippen LogP) is 1.95. The number of hydrogen-bond acceptors (Lipinski definition) is 12. The molecule has 1 aromatic rings. The molecule has 0 aliphatic heterocycles. The van der Waals surface area contributed by atoms with Gasteiger partial charge in [-0.1, -0.05) is 0 Å². The molecule has 0 aliphatic rings. The number of carbonyl (C=O) groups is 1. The molecule has 1 amide bonds. The molecular weight excluding hydrogens is 490 g/mol. The Morgan fingerprint density at radius 2 is 1.11 bits per heavy atom. The van der Waals surface area contributed by atoms with E-state index in [1.54, 1.807) is 40.0 Å². The smallest absolute Gasteiger partial charge is 0.413 e. The molecule has 0 aliphatic carbocycles. The summed E-state index contributed by atoms with van der Waals surface area (Å²) < 4.78 is 47.9. The Hall–Kier alpha value is -2.13. The molecule has 13 nitrogen and oxygen atoms in total. The van der Waals surface area contributed by atoms with Crippen molar-refractivity contribution in [3.63, 3.8) is 0 Å². The molecule has 0 atom stereocenters. The minimum atomic E-state index is -0.597. The van der Waals surface area contributed by atoms with Gasteiger partial charge >= 0.3 is 6.09 Å². The van der Waals surface area contributed by atoms with Crippen LogP contribution in [0.25, 0.3) is 0 Å². The van der Waals surface area contributed by atoms with Crippen molar-refractivity contribution in [1.82, 2.24) is 10.2 Å². The van der Waals surface area contributed by atoms with Crippen molar-refractivity contribution in [2.24, 2.45) is 0 Å². The number of carbonyl (C=O) groups excluding carboxylic acids is 1. The fourth-order valence-electron chi connectivity index (χ4n) is 2.42. The summed E-state index contributed by atoms with van der Waals surface area (Å²) in [7, 11) is 1.64. The van der Waals surface area contributed by atoms with E-state index in [1.165, 1.54) is 0 Å². The second kappa shape index (κ2) is 21.9.